The summed E-state index contributed by atoms with van der Waals surface area (Å²) >= 11 is 5.89. The molecule has 0 bridgehead atoms. The summed E-state index contributed by atoms with van der Waals surface area (Å²) in [5, 5.41) is 4.21. The summed E-state index contributed by atoms with van der Waals surface area (Å²) in [6.07, 6.45) is 0. The van der Waals surface area contributed by atoms with Gasteiger partial charge in [-0.25, -0.2) is 14.2 Å². The molecule has 120 valence electrons. The highest BCUT2D eigenvalue weighted by molar-refractivity contribution is 6.32. The van der Waals surface area contributed by atoms with Gasteiger partial charge in [0.05, 0.1) is 10.7 Å². The number of hydrogen-bond acceptors (Lipinski definition) is 3. The average Bonchev–Trinajstić information content (AvgIpc) is 2.54. The van der Waals surface area contributed by atoms with Gasteiger partial charge in [-0.2, -0.15) is 5.10 Å². The molecule has 0 spiro atoms. The van der Waals surface area contributed by atoms with Crippen LogP contribution in [0.5, 0.6) is 5.75 Å². The molecule has 0 atom stereocenters. The van der Waals surface area contributed by atoms with Gasteiger partial charge >= 0.3 is 0 Å². The van der Waals surface area contributed by atoms with Gasteiger partial charge in [0.15, 0.2) is 18.2 Å². The van der Waals surface area contributed by atoms with E-state index in [1.54, 1.807) is 31.2 Å². The van der Waals surface area contributed by atoms with E-state index in [-0.39, 0.29) is 6.61 Å². The number of amides is 1. The zero-order valence-corrected chi connectivity index (χ0v) is 12.9. The van der Waals surface area contributed by atoms with Crippen molar-refractivity contribution < 1.29 is 18.3 Å². The number of hydrogen-bond donors (Lipinski definition) is 1. The predicted molar refractivity (Wildman–Crippen MR) is 83.7 cm³/mol. The van der Waals surface area contributed by atoms with Gasteiger partial charge in [-0.15, -0.1) is 0 Å². The van der Waals surface area contributed by atoms with E-state index in [1.807, 2.05) is 0 Å². The topological polar surface area (TPSA) is 50.7 Å². The van der Waals surface area contributed by atoms with E-state index in [2.05, 4.69) is 10.5 Å². The van der Waals surface area contributed by atoms with Crippen molar-refractivity contribution in [1.82, 2.24) is 5.43 Å². The molecule has 0 aromatic heterocycles. The summed E-state index contributed by atoms with van der Waals surface area (Å²) in [5.74, 6) is -2.05. The molecule has 23 heavy (non-hydrogen) atoms. The van der Waals surface area contributed by atoms with Gasteiger partial charge in [0.1, 0.15) is 5.75 Å². The van der Waals surface area contributed by atoms with Gasteiger partial charge in [0, 0.05) is 5.56 Å². The lowest BCUT2D eigenvalue weighted by Gasteiger charge is -2.07. The lowest BCUT2D eigenvalue weighted by atomic mass is 10.1. The molecule has 0 aliphatic rings. The molecule has 7 heteroatoms. The summed E-state index contributed by atoms with van der Waals surface area (Å²) in [5.41, 5.74) is 2.96. The number of hydrazone groups is 1. The van der Waals surface area contributed by atoms with E-state index in [0.29, 0.717) is 22.0 Å². The van der Waals surface area contributed by atoms with Gasteiger partial charge in [0.2, 0.25) is 0 Å². The van der Waals surface area contributed by atoms with Gasteiger partial charge in [0.25, 0.3) is 5.91 Å². The Labute approximate surface area is 136 Å². The first-order valence-corrected chi connectivity index (χ1v) is 7.01. The Hall–Kier alpha value is -2.47. The highest BCUT2D eigenvalue weighted by Gasteiger charge is 2.07. The zero-order chi connectivity index (χ0) is 16.8. The standard InChI is InChI=1S/C16H13ClF2N2O2/c1-10(11-6-7-13(18)14(19)8-11)20-21-16(22)9-23-15-5-3-2-4-12(15)17/h2-8H,9H2,1H3,(H,21,22)/b20-10+. The maximum Gasteiger partial charge on any atom is 0.277 e. The van der Waals surface area contributed by atoms with Crippen LogP contribution in [0.25, 0.3) is 0 Å². The summed E-state index contributed by atoms with van der Waals surface area (Å²) < 4.78 is 31.2. The fourth-order valence-corrected chi connectivity index (χ4v) is 1.86. The van der Waals surface area contributed by atoms with Crippen molar-refractivity contribution in [3.8, 4) is 5.75 Å². The molecule has 0 aliphatic carbocycles. The zero-order valence-electron chi connectivity index (χ0n) is 12.1. The Balaban J connectivity index is 1.92. The number of nitrogens with one attached hydrogen (secondary N) is 1. The highest BCUT2D eigenvalue weighted by atomic mass is 35.5. The maximum atomic E-state index is 13.1. The normalized spacial score (nSPS) is 11.2. The van der Waals surface area contributed by atoms with Crippen LogP contribution in [0.15, 0.2) is 47.6 Å². The first-order chi connectivity index (χ1) is 11.0. The lowest BCUT2D eigenvalue weighted by Crippen LogP contribution is -2.25. The largest absolute Gasteiger partial charge is 0.482 e. The molecule has 0 heterocycles. The maximum absolute atomic E-state index is 13.1. The first-order valence-electron chi connectivity index (χ1n) is 6.63. The minimum absolute atomic E-state index is 0.279. The highest BCUT2D eigenvalue weighted by Crippen LogP contribution is 2.22. The summed E-state index contributed by atoms with van der Waals surface area (Å²) in [6, 6.07) is 10.1. The molecule has 1 N–H and O–H groups in total. The molecule has 0 saturated carbocycles. The van der Waals surface area contributed by atoms with Crippen LogP contribution in [-0.4, -0.2) is 18.2 Å². The second-order valence-electron chi connectivity index (χ2n) is 4.58. The smallest absolute Gasteiger partial charge is 0.277 e. The van der Waals surface area contributed by atoms with Crippen LogP contribution in [0.3, 0.4) is 0 Å². The second kappa shape index (κ2) is 7.69. The van der Waals surface area contributed by atoms with E-state index in [9.17, 15) is 13.6 Å². The Morgan fingerprint density at radius 1 is 1.22 bits per heavy atom. The number of halogens is 3. The third-order valence-corrected chi connectivity index (χ3v) is 3.19. The molecule has 1 amide bonds. The van der Waals surface area contributed by atoms with Crippen LogP contribution >= 0.6 is 11.6 Å². The molecule has 2 rings (SSSR count). The second-order valence-corrected chi connectivity index (χ2v) is 4.99. The SMILES string of the molecule is C/C(=N\NC(=O)COc1ccccc1Cl)c1ccc(F)c(F)c1. The van der Waals surface area contributed by atoms with E-state index in [0.717, 1.165) is 12.1 Å². The average molecular weight is 339 g/mol. The molecule has 0 radical (unpaired) electrons. The van der Waals surface area contributed by atoms with E-state index >= 15 is 0 Å². The van der Waals surface area contributed by atoms with Crippen molar-refractivity contribution in [2.75, 3.05) is 6.61 Å². The number of nitrogens with zero attached hydrogens (tertiary/aromatic N) is 1. The van der Waals surface area contributed by atoms with E-state index < -0.39 is 17.5 Å². The number of ether oxygens (including phenoxy) is 1. The van der Waals surface area contributed by atoms with Crippen molar-refractivity contribution in [2.45, 2.75) is 6.92 Å². The first kappa shape index (κ1) is 16.9. The Morgan fingerprint density at radius 3 is 2.65 bits per heavy atom. The van der Waals surface area contributed by atoms with E-state index in [4.69, 9.17) is 16.3 Å². The molecule has 4 nitrogen and oxygen atoms in total. The van der Waals surface area contributed by atoms with Gasteiger partial charge < -0.3 is 4.74 Å². The van der Waals surface area contributed by atoms with Crippen LogP contribution < -0.4 is 10.2 Å². The van der Waals surface area contributed by atoms with Crippen molar-refractivity contribution in [3.05, 3.63) is 64.7 Å². The van der Waals surface area contributed by atoms with Crippen LogP contribution in [0.4, 0.5) is 8.78 Å². The van der Waals surface area contributed by atoms with Crippen LogP contribution in [-0.2, 0) is 4.79 Å². The molecule has 0 saturated heterocycles. The quantitative estimate of drug-likeness (QED) is 0.669. The fraction of sp³-hybridized carbons (Fsp3) is 0.125. The van der Waals surface area contributed by atoms with Crippen molar-refractivity contribution in [2.24, 2.45) is 5.10 Å². The molecule has 0 fully saturated rings. The lowest BCUT2D eigenvalue weighted by molar-refractivity contribution is -0.123. The fourth-order valence-electron chi connectivity index (χ4n) is 1.67. The van der Waals surface area contributed by atoms with E-state index in [1.165, 1.54) is 6.07 Å². The molecule has 0 aliphatic heterocycles. The third kappa shape index (κ3) is 4.75. The molecular weight excluding hydrogens is 326 g/mol. The van der Waals surface area contributed by atoms with Gasteiger partial charge in [-0.3, -0.25) is 4.79 Å². The predicted octanol–water partition coefficient (Wildman–Crippen LogP) is 3.54. The minimum atomic E-state index is -0.981. The Kier molecular flexibility index (Phi) is 5.65. The van der Waals surface area contributed by atoms with Gasteiger partial charge in [-0.05, 0) is 37.3 Å². The molecule has 0 unspecified atom stereocenters. The number of carbonyl (C=O) groups is 1. The summed E-state index contributed by atoms with van der Waals surface area (Å²) in [6.45, 7) is 1.28. The van der Waals surface area contributed by atoms with Gasteiger partial charge in [-0.1, -0.05) is 23.7 Å². The Bertz CT molecular complexity index is 751. The summed E-state index contributed by atoms with van der Waals surface area (Å²) in [4.78, 5) is 11.7. The number of carbonyl (C=O) groups excluding carboxylic acids is 1. The summed E-state index contributed by atoms with van der Waals surface area (Å²) in [7, 11) is 0. The molecular formula is C16H13ClF2N2O2. The number of rotatable bonds is 5. The van der Waals surface area contributed by atoms with Crippen molar-refractivity contribution in [1.29, 1.82) is 0 Å². The van der Waals surface area contributed by atoms with Crippen LogP contribution in [0, 0.1) is 11.6 Å². The van der Waals surface area contributed by atoms with Crippen molar-refractivity contribution in [3.63, 3.8) is 0 Å². The van der Waals surface area contributed by atoms with Crippen molar-refractivity contribution >= 4 is 23.2 Å². The van der Waals surface area contributed by atoms with Crippen LogP contribution in [0.1, 0.15) is 12.5 Å². The number of para-hydroxylation sites is 1. The monoisotopic (exact) mass is 338 g/mol. The minimum Gasteiger partial charge on any atom is -0.482 e. The molecule has 2 aromatic rings. The molecule has 2 aromatic carbocycles. The number of benzene rings is 2. The Morgan fingerprint density at radius 2 is 1.96 bits per heavy atom. The van der Waals surface area contributed by atoms with Crippen LogP contribution in [0.2, 0.25) is 5.02 Å². The third-order valence-electron chi connectivity index (χ3n) is 2.88.